The Hall–Kier alpha value is -0.540. The van der Waals surface area contributed by atoms with Crippen molar-refractivity contribution in [3.8, 4) is 5.75 Å². The molecule has 1 aliphatic rings. The third kappa shape index (κ3) is 3.73. The molecule has 0 amide bonds. The molecule has 1 N–H and O–H groups in total. The number of aliphatic hydroxyl groups is 1. The van der Waals surface area contributed by atoms with Gasteiger partial charge in [0.1, 0.15) is 5.75 Å². The van der Waals surface area contributed by atoms with Gasteiger partial charge >= 0.3 is 0 Å². The Kier molecular flexibility index (Phi) is 4.57. The average Bonchev–Trinajstić information content (AvgIpc) is 2.75. The summed E-state index contributed by atoms with van der Waals surface area (Å²) in [4.78, 5) is 0. The van der Waals surface area contributed by atoms with E-state index in [0.717, 1.165) is 42.5 Å². The van der Waals surface area contributed by atoms with Crippen LogP contribution in [0.2, 0.25) is 0 Å². The molecular formula is C16H23BrO2. The summed E-state index contributed by atoms with van der Waals surface area (Å²) in [6.45, 7) is 7.04. The van der Waals surface area contributed by atoms with Crippen molar-refractivity contribution in [1.82, 2.24) is 0 Å². The van der Waals surface area contributed by atoms with Crippen LogP contribution >= 0.6 is 15.9 Å². The lowest BCUT2D eigenvalue weighted by atomic mass is 9.86. The van der Waals surface area contributed by atoms with E-state index in [4.69, 9.17) is 4.74 Å². The second kappa shape index (κ2) is 5.84. The monoisotopic (exact) mass is 326 g/mol. The van der Waals surface area contributed by atoms with E-state index in [2.05, 4.69) is 48.8 Å². The molecule has 0 aromatic heterocycles. The highest BCUT2D eigenvalue weighted by Crippen LogP contribution is 2.34. The van der Waals surface area contributed by atoms with E-state index >= 15 is 0 Å². The predicted octanol–water partition coefficient (Wildman–Crippen LogP) is 4.11. The number of fused-ring (bicyclic) bond motifs is 1. The van der Waals surface area contributed by atoms with Gasteiger partial charge in [-0.3, -0.25) is 0 Å². The number of rotatable bonds is 4. The first-order chi connectivity index (χ1) is 8.88. The van der Waals surface area contributed by atoms with Crippen molar-refractivity contribution >= 4 is 15.9 Å². The Morgan fingerprint density at radius 2 is 2.11 bits per heavy atom. The molecule has 2 nitrogen and oxygen atoms in total. The first-order valence-corrected chi connectivity index (χ1v) is 7.79. The fourth-order valence-corrected chi connectivity index (χ4v) is 3.00. The quantitative estimate of drug-likeness (QED) is 0.902. The Morgan fingerprint density at radius 3 is 2.79 bits per heavy atom. The van der Waals surface area contributed by atoms with E-state index < -0.39 is 0 Å². The second-order valence-corrected chi connectivity index (χ2v) is 7.34. The molecule has 1 unspecified atom stereocenters. The van der Waals surface area contributed by atoms with E-state index in [0.29, 0.717) is 0 Å². The van der Waals surface area contributed by atoms with Crippen molar-refractivity contribution in [2.75, 3.05) is 6.61 Å². The lowest BCUT2D eigenvalue weighted by molar-refractivity contribution is 0.0540. The highest BCUT2D eigenvalue weighted by molar-refractivity contribution is 9.10. The topological polar surface area (TPSA) is 29.5 Å². The summed E-state index contributed by atoms with van der Waals surface area (Å²) < 4.78 is 6.85. The molecule has 1 aromatic carbocycles. The van der Waals surface area contributed by atoms with E-state index in [9.17, 15) is 5.11 Å². The van der Waals surface area contributed by atoms with E-state index in [1.54, 1.807) is 0 Å². The maximum atomic E-state index is 10.1. The zero-order valence-corrected chi connectivity index (χ0v) is 13.6. The van der Waals surface area contributed by atoms with Crippen LogP contribution in [0.25, 0.3) is 0 Å². The molecule has 0 radical (unpaired) electrons. The van der Waals surface area contributed by atoms with Crippen LogP contribution in [0.5, 0.6) is 5.75 Å². The smallest absolute Gasteiger partial charge is 0.125 e. The minimum atomic E-state index is -0.242. The molecule has 0 saturated carbocycles. The fraction of sp³-hybridized carbons (Fsp3) is 0.625. The van der Waals surface area contributed by atoms with Crippen molar-refractivity contribution in [3.63, 3.8) is 0 Å². The van der Waals surface area contributed by atoms with E-state index in [1.807, 2.05) is 0 Å². The van der Waals surface area contributed by atoms with Crippen molar-refractivity contribution in [2.24, 2.45) is 5.41 Å². The molecule has 0 fully saturated rings. The molecule has 0 spiro atoms. The highest BCUT2D eigenvalue weighted by atomic mass is 79.9. The summed E-state index contributed by atoms with van der Waals surface area (Å²) in [7, 11) is 0. The summed E-state index contributed by atoms with van der Waals surface area (Å²) in [5.74, 6) is 1.08. The summed E-state index contributed by atoms with van der Waals surface area (Å²) in [5.41, 5.74) is 2.54. The fourth-order valence-electron chi connectivity index (χ4n) is 2.45. The molecule has 1 heterocycles. The van der Waals surface area contributed by atoms with Gasteiger partial charge in [0, 0.05) is 10.9 Å². The van der Waals surface area contributed by atoms with Crippen molar-refractivity contribution in [2.45, 2.75) is 52.6 Å². The van der Waals surface area contributed by atoms with Crippen LogP contribution in [0.4, 0.5) is 0 Å². The van der Waals surface area contributed by atoms with Gasteiger partial charge in [-0.2, -0.15) is 0 Å². The zero-order chi connectivity index (χ0) is 14.0. The molecule has 19 heavy (non-hydrogen) atoms. The van der Waals surface area contributed by atoms with Gasteiger partial charge in [0.25, 0.3) is 0 Å². The molecule has 0 aliphatic carbocycles. The molecule has 1 atom stereocenters. The summed E-state index contributed by atoms with van der Waals surface area (Å²) in [5, 5.41) is 10.1. The zero-order valence-electron chi connectivity index (χ0n) is 12.0. The second-order valence-electron chi connectivity index (χ2n) is 6.43. The standard InChI is InChI=1S/C16H23BrO2/c1-16(2,3)14(18)6-4-5-11-9-13(17)10-12-7-8-19-15(11)12/h9-10,14,18H,4-8H2,1-3H3. The van der Waals surface area contributed by atoms with Crippen LogP contribution in [0.3, 0.4) is 0 Å². The number of aryl methyl sites for hydroxylation is 1. The predicted molar refractivity (Wildman–Crippen MR) is 81.7 cm³/mol. The highest BCUT2D eigenvalue weighted by Gasteiger charge is 2.22. The number of hydrogen-bond acceptors (Lipinski definition) is 2. The van der Waals surface area contributed by atoms with Gasteiger partial charge < -0.3 is 9.84 Å². The maximum absolute atomic E-state index is 10.1. The minimum Gasteiger partial charge on any atom is -0.493 e. The number of hydrogen-bond donors (Lipinski definition) is 1. The molecule has 1 aromatic rings. The van der Waals surface area contributed by atoms with Crippen LogP contribution in [0.15, 0.2) is 16.6 Å². The van der Waals surface area contributed by atoms with E-state index in [-0.39, 0.29) is 11.5 Å². The lowest BCUT2D eigenvalue weighted by Gasteiger charge is -2.25. The third-order valence-corrected chi connectivity index (χ3v) is 4.21. The molecule has 106 valence electrons. The van der Waals surface area contributed by atoms with Gasteiger partial charge in [0.05, 0.1) is 12.7 Å². The normalized spacial score (nSPS) is 16.1. The Labute approximate surface area is 124 Å². The number of aliphatic hydroxyl groups excluding tert-OH is 1. The SMILES string of the molecule is CC(C)(C)C(O)CCCc1cc(Br)cc2c1OCC2. The summed E-state index contributed by atoms with van der Waals surface area (Å²) in [6.07, 6.45) is 3.56. The average molecular weight is 327 g/mol. The van der Waals surface area contributed by atoms with Gasteiger partial charge in [-0.05, 0) is 47.9 Å². The van der Waals surface area contributed by atoms with Crippen LogP contribution < -0.4 is 4.74 Å². The van der Waals surface area contributed by atoms with Crippen molar-refractivity contribution < 1.29 is 9.84 Å². The Morgan fingerprint density at radius 1 is 1.37 bits per heavy atom. The maximum Gasteiger partial charge on any atom is 0.125 e. The molecule has 3 heteroatoms. The van der Waals surface area contributed by atoms with Gasteiger partial charge in [-0.15, -0.1) is 0 Å². The Bertz CT molecular complexity index is 449. The van der Waals surface area contributed by atoms with Crippen LogP contribution in [0.1, 0.15) is 44.7 Å². The third-order valence-electron chi connectivity index (χ3n) is 3.75. The van der Waals surface area contributed by atoms with Gasteiger partial charge in [-0.25, -0.2) is 0 Å². The van der Waals surface area contributed by atoms with E-state index in [1.165, 1.54) is 11.1 Å². The first kappa shape index (κ1) is 14.9. The number of ether oxygens (including phenoxy) is 1. The lowest BCUT2D eigenvalue weighted by Crippen LogP contribution is -2.25. The molecule has 2 rings (SSSR count). The van der Waals surface area contributed by atoms with Gasteiger partial charge in [0.2, 0.25) is 0 Å². The molecule has 0 saturated heterocycles. The number of halogens is 1. The summed E-state index contributed by atoms with van der Waals surface area (Å²) >= 11 is 3.56. The van der Waals surface area contributed by atoms with Crippen LogP contribution in [0, 0.1) is 5.41 Å². The van der Waals surface area contributed by atoms with Crippen LogP contribution in [-0.2, 0) is 12.8 Å². The summed E-state index contributed by atoms with van der Waals surface area (Å²) in [6, 6.07) is 4.30. The Balaban J connectivity index is 1.97. The van der Waals surface area contributed by atoms with Gasteiger partial charge in [-0.1, -0.05) is 36.7 Å². The largest absolute Gasteiger partial charge is 0.493 e. The first-order valence-electron chi connectivity index (χ1n) is 7.00. The number of benzene rings is 1. The molecule has 0 bridgehead atoms. The van der Waals surface area contributed by atoms with Crippen LogP contribution in [-0.4, -0.2) is 17.8 Å². The van der Waals surface area contributed by atoms with Crippen molar-refractivity contribution in [1.29, 1.82) is 0 Å². The molecule has 1 aliphatic heterocycles. The molecular weight excluding hydrogens is 304 g/mol. The minimum absolute atomic E-state index is 0.0320. The van der Waals surface area contributed by atoms with Crippen molar-refractivity contribution in [3.05, 3.63) is 27.7 Å². The van der Waals surface area contributed by atoms with Gasteiger partial charge in [0.15, 0.2) is 0 Å².